The summed E-state index contributed by atoms with van der Waals surface area (Å²) in [6.07, 6.45) is 2.03. The number of carboxylic acid groups (broad SMARTS) is 1. The number of nitrogens with one attached hydrogen (secondary N) is 1. The zero-order chi connectivity index (χ0) is 14.8. The van der Waals surface area contributed by atoms with Gasteiger partial charge in [-0.25, -0.2) is 0 Å². The first-order valence-electron chi connectivity index (χ1n) is 6.82. The lowest BCUT2D eigenvalue weighted by molar-refractivity contribution is -0.139. The van der Waals surface area contributed by atoms with Crippen LogP contribution in [0.2, 0.25) is 5.02 Å². The molecule has 0 saturated carbocycles. The van der Waals surface area contributed by atoms with Gasteiger partial charge >= 0.3 is 5.97 Å². The second kappa shape index (κ2) is 6.09. The Hall–Kier alpha value is -1.50. The molecule has 6 nitrogen and oxygen atoms in total. The van der Waals surface area contributed by atoms with Gasteiger partial charge in [0.1, 0.15) is 6.04 Å². The van der Waals surface area contributed by atoms with E-state index in [2.05, 4.69) is 5.32 Å². The molecule has 0 radical (unpaired) electrons. The summed E-state index contributed by atoms with van der Waals surface area (Å²) in [5.41, 5.74) is 0.537. The summed E-state index contributed by atoms with van der Waals surface area (Å²) in [5.74, 6) is -0.0331. The Morgan fingerprint density at radius 2 is 2.33 bits per heavy atom. The van der Waals surface area contributed by atoms with Crippen molar-refractivity contribution in [2.75, 3.05) is 19.9 Å². The molecule has 0 bridgehead atoms. The van der Waals surface area contributed by atoms with Crippen molar-refractivity contribution in [2.24, 2.45) is 0 Å². The first kappa shape index (κ1) is 14.4. The van der Waals surface area contributed by atoms with Gasteiger partial charge in [-0.3, -0.25) is 10.1 Å². The first-order valence-corrected chi connectivity index (χ1v) is 7.20. The van der Waals surface area contributed by atoms with Crippen molar-refractivity contribution in [1.29, 1.82) is 0 Å². The van der Waals surface area contributed by atoms with E-state index in [4.69, 9.17) is 25.8 Å². The van der Waals surface area contributed by atoms with Crippen LogP contribution in [0.3, 0.4) is 0 Å². The highest BCUT2D eigenvalue weighted by Crippen LogP contribution is 2.41. The van der Waals surface area contributed by atoms with Crippen LogP contribution >= 0.6 is 11.6 Å². The van der Waals surface area contributed by atoms with Crippen molar-refractivity contribution < 1.29 is 24.1 Å². The molecule has 2 N–H and O–H groups in total. The third-order valence-corrected chi connectivity index (χ3v) is 3.88. The highest BCUT2D eigenvalue weighted by atomic mass is 35.5. The van der Waals surface area contributed by atoms with Gasteiger partial charge in [0, 0.05) is 13.2 Å². The number of carboxylic acids is 1. The molecule has 114 valence electrons. The molecule has 7 heteroatoms. The van der Waals surface area contributed by atoms with E-state index in [0.717, 1.165) is 19.4 Å². The molecule has 2 heterocycles. The Balaban J connectivity index is 1.77. The summed E-state index contributed by atoms with van der Waals surface area (Å²) in [4.78, 5) is 11.5. The third-order valence-electron chi connectivity index (χ3n) is 3.60. The molecule has 2 atom stereocenters. The van der Waals surface area contributed by atoms with Gasteiger partial charge in [0.25, 0.3) is 0 Å². The van der Waals surface area contributed by atoms with Crippen molar-refractivity contribution in [3.63, 3.8) is 0 Å². The van der Waals surface area contributed by atoms with E-state index in [-0.39, 0.29) is 12.9 Å². The summed E-state index contributed by atoms with van der Waals surface area (Å²) in [7, 11) is 0. The third kappa shape index (κ3) is 3.07. The molecule has 0 amide bonds. The second-order valence-electron chi connectivity index (χ2n) is 5.05. The molecule has 1 fully saturated rings. The van der Waals surface area contributed by atoms with E-state index in [1.54, 1.807) is 12.1 Å². The van der Waals surface area contributed by atoms with E-state index in [0.29, 0.717) is 28.6 Å². The minimum absolute atomic E-state index is 0.0660. The van der Waals surface area contributed by atoms with E-state index in [1.165, 1.54) is 0 Å². The van der Waals surface area contributed by atoms with E-state index in [9.17, 15) is 9.90 Å². The second-order valence-corrected chi connectivity index (χ2v) is 5.46. The zero-order valence-corrected chi connectivity index (χ0v) is 12.1. The Labute approximate surface area is 126 Å². The fraction of sp³-hybridized carbons (Fsp3) is 0.500. The van der Waals surface area contributed by atoms with Gasteiger partial charge < -0.3 is 19.3 Å². The van der Waals surface area contributed by atoms with Gasteiger partial charge in [0.2, 0.25) is 6.79 Å². The lowest BCUT2D eigenvalue weighted by Crippen LogP contribution is -2.34. The number of ether oxygens (including phenoxy) is 3. The molecule has 3 rings (SSSR count). The Bertz CT molecular complexity index is 544. The molecule has 0 aromatic heterocycles. The van der Waals surface area contributed by atoms with Crippen LogP contribution in [-0.2, 0) is 9.53 Å². The molecule has 2 aliphatic rings. The summed E-state index contributed by atoms with van der Waals surface area (Å²) >= 11 is 6.10. The first-order chi connectivity index (χ1) is 10.1. The number of hydrogen-bond acceptors (Lipinski definition) is 5. The van der Waals surface area contributed by atoms with Crippen LogP contribution in [0.15, 0.2) is 12.1 Å². The van der Waals surface area contributed by atoms with Gasteiger partial charge in [-0.05, 0) is 30.5 Å². The standard InChI is InChI=1S/C14H16ClNO5/c15-10-4-8(5-11-13(10)21-7-20-11)12(14(17)18)16-6-9-2-1-3-19-9/h4-5,9,12,16H,1-3,6-7H2,(H,17,18). The average molecular weight is 314 g/mol. The molecule has 21 heavy (non-hydrogen) atoms. The Morgan fingerprint density at radius 1 is 1.48 bits per heavy atom. The van der Waals surface area contributed by atoms with Gasteiger partial charge in [-0.15, -0.1) is 0 Å². The fourth-order valence-electron chi connectivity index (χ4n) is 2.56. The number of hydrogen-bond donors (Lipinski definition) is 2. The fourth-order valence-corrected chi connectivity index (χ4v) is 2.83. The SMILES string of the molecule is O=C(O)C(NCC1CCCO1)c1cc(Cl)c2c(c1)OCO2. The van der Waals surface area contributed by atoms with Crippen LogP contribution in [0, 0.1) is 0 Å². The van der Waals surface area contributed by atoms with Crippen LogP contribution in [0.5, 0.6) is 11.5 Å². The number of benzene rings is 1. The molecule has 1 aromatic carbocycles. The normalized spacial score (nSPS) is 21.5. The maximum atomic E-state index is 11.5. The summed E-state index contributed by atoms with van der Waals surface area (Å²) in [6.45, 7) is 1.32. The number of fused-ring (bicyclic) bond motifs is 1. The predicted octanol–water partition coefficient (Wildman–Crippen LogP) is 1.96. The Kier molecular flexibility index (Phi) is 4.19. The predicted molar refractivity (Wildman–Crippen MR) is 74.9 cm³/mol. The minimum atomic E-state index is -0.970. The number of aliphatic carboxylic acids is 1. The van der Waals surface area contributed by atoms with Crippen molar-refractivity contribution in [3.05, 3.63) is 22.7 Å². The summed E-state index contributed by atoms with van der Waals surface area (Å²) in [5, 5.41) is 12.8. The monoisotopic (exact) mass is 313 g/mol. The van der Waals surface area contributed by atoms with E-state index >= 15 is 0 Å². The van der Waals surface area contributed by atoms with Crippen LogP contribution in [0.4, 0.5) is 0 Å². The number of rotatable bonds is 5. The van der Waals surface area contributed by atoms with Crippen molar-refractivity contribution in [1.82, 2.24) is 5.32 Å². The largest absolute Gasteiger partial charge is 0.480 e. The van der Waals surface area contributed by atoms with Crippen molar-refractivity contribution >= 4 is 17.6 Å². The molecule has 1 saturated heterocycles. The van der Waals surface area contributed by atoms with Crippen molar-refractivity contribution in [3.8, 4) is 11.5 Å². The van der Waals surface area contributed by atoms with Crippen LogP contribution in [-0.4, -0.2) is 37.1 Å². The molecule has 1 aromatic rings. The van der Waals surface area contributed by atoms with Gasteiger partial charge in [-0.1, -0.05) is 11.6 Å². The van der Waals surface area contributed by atoms with Crippen LogP contribution in [0.25, 0.3) is 0 Å². The highest BCUT2D eigenvalue weighted by Gasteiger charge is 2.26. The molecule has 0 aliphatic carbocycles. The summed E-state index contributed by atoms with van der Waals surface area (Å²) < 4.78 is 16.0. The molecule has 2 aliphatic heterocycles. The van der Waals surface area contributed by atoms with Gasteiger partial charge in [-0.2, -0.15) is 0 Å². The molecule has 2 unspecified atom stereocenters. The lowest BCUT2D eigenvalue weighted by Gasteiger charge is -2.18. The highest BCUT2D eigenvalue weighted by molar-refractivity contribution is 6.32. The zero-order valence-electron chi connectivity index (χ0n) is 11.3. The smallest absolute Gasteiger partial charge is 0.325 e. The number of carbonyl (C=O) groups is 1. The summed E-state index contributed by atoms with van der Waals surface area (Å²) in [6, 6.07) is 2.38. The van der Waals surface area contributed by atoms with E-state index in [1.807, 2.05) is 0 Å². The van der Waals surface area contributed by atoms with Crippen LogP contribution in [0.1, 0.15) is 24.4 Å². The maximum absolute atomic E-state index is 11.5. The maximum Gasteiger partial charge on any atom is 0.325 e. The number of halogens is 1. The van der Waals surface area contributed by atoms with Gasteiger partial charge in [0.15, 0.2) is 11.5 Å². The molecule has 0 spiro atoms. The molecular formula is C14H16ClNO5. The lowest BCUT2D eigenvalue weighted by atomic mass is 10.1. The average Bonchev–Trinajstić information content (AvgIpc) is 3.09. The molecular weight excluding hydrogens is 298 g/mol. The quantitative estimate of drug-likeness (QED) is 0.865. The van der Waals surface area contributed by atoms with Gasteiger partial charge in [0.05, 0.1) is 11.1 Å². The Morgan fingerprint density at radius 3 is 3.05 bits per heavy atom. The van der Waals surface area contributed by atoms with Crippen LogP contribution < -0.4 is 14.8 Å². The van der Waals surface area contributed by atoms with E-state index < -0.39 is 12.0 Å². The topological polar surface area (TPSA) is 77.0 Å². The minimum Gasteiger partial charge on any atom is -0.480 e. The van der Waals surface area contributed by atoms with Crippen molar-refractivity contribution in [2.45, 2.75) is 25.0 Å².